The van der Waals surface area contributed by atoms with Gasteiger partial charge in [-0.3, -0.25) is 14.2 Å². The molecule has 1 atom stereocenters. The number of aromatic nitrogens is 2. The van der Waals surface area contributed by atoms with E-state index >= 15 is 0 Å². The summed E-state index contributed by atoms with van der Waals surface area (Å²) in [5, 5.41) is 0.531. The van der Waals surface area contributed by atoms with Gasteiger partial charge in [-0.15, -0.1) is 0 Å². The number of aryl methyl sites for hydroxylation is 2. The third kappa shape index (κ3) is 5.42. The van der Waals surface area contributed by atoms with Gasteiger partial charge < -0.3 is 14.4 Å². The number of carbonyl (C=O) groups excluding carboxylic acids is 1. The van der Waals surface area contributed by atoms with Crippen molar-refractivity contribution in [2.45, 2.75) is 33.2 Å². The molecule has 37 heavy (non-hydrogen) atoms. The third-order valence-electron chi connectivity index (χ3n) is 6.56. The molecule has 0 aliphatic carbocycles. The van der Waals surface area contributed by atoms with Crippen molar-refractivity contribution >= 4 is 16.8 Å². The van der Waals surface area contributed by atoms with Gasteiger partial charge in [0.15, 0.2) is 0 Å². The number of carbonyl (C=O) groups is 1. The van der Waals surface area contributed by atoms with E-state index in [4.69, 9.17) is 14.5 Å². The van der Waals surface area contributed by atoms with Gasteiger partial charge in [-0.2, -0.15) is 0 Å². The van der Waals surface area contributed by atoms with E-state index in [1.807, 2.05) is 57.2 Å². The van der Waals surface area contributed by atoms with Crippen molar-refractivity contribution in [1.82, 2.24) is 14.5 Å². The molecule has 4 aromatic rings. The minimum atomic E-state index is -0.506. The van der Waals surface area contributed by atoms with Crippen LogP contribution in [0.4, 0.5) is 0 Å². The lowest BCUT2D eigenvalue weighted by atomic mass is 10.1. The summed E-state index contributed by atoms with van der Waals surface area (Å²) in [6, 6.07) is 19.9. The first kappa shape index (κ1) is 26.1. The van der Waals surface area contributed by atoms with Crippen LogP contribution in [0.3, 0.4) is 0 Å². The molecule has 0 spiro atoms. The van der Waals surface area contributed by atoms with Crippen LogP contribution in [0.2, 0.25) is 0 Å². The van der Waals surface area contributed by atoms with Crippen LogP contribution in [0.15, 0.2) is 71.5 Å². The molecule has 0 bridgehead atoms. The number of para-hydroxylation sites is 1. The molecule has 7 nitrogen and oxygen atoms in total. The van der Waals surface area contributed by atoms with Gasteiger partial charge in [-0.05, 0) is 69.2 Å². The van der Waals surface area contributed by atoms with E-state index in [0.717, 1.165) is 16.8 Å². The summed E-state index contributed by atoms with van der Waals surface area (Å²) >= 11 is 0. The zero-order valence-corrected chi connectivity index (χ0v) is 22.0. The number of rotatable bonds is 9. The molecule has 0 saturated carbocycles. The van der Waals surface area contributed by atoms with E-state index in [9.17, 15) is 9.59 Å². The minimum Gasteiger partial charge on any atom is -0.497 e. The second-order valence-electron chi connectivity index (χ2n) is 9.17. The first-order chi connectivity index (χ1) is 17.8. The lowest BCUT2D eigenvalue weighted by molar-refractivity contribution is 0.0657. The lowest BCUT2D eigenvalue weighted by Gasteiger charge is -2.31. The van der Waals surface area contributed by atoms with Gasteiger partial charge in [0.2, 0.25) is 0 Å². The van der Waals surface area contributed by atoms with Crippen LogP contribution in [0.1, 0.15) is 46.7 Å². The SMILES string of the molecule is COCCCN(C(=O)c1cccc(OC)c1)C(C)c1nc2ccccc2c(=O)n1-c1ccc(C)cc1C. The highest BCUT2D eigenvalue weighted by Gasteiger charge is 2.28. The fourth-order valence-corrected chi connectivity index (χ4v) is 4.63. The van der Waals surface area contributed by atoms with Crippen LogP contribution < -0.4 is 10.3 Å². The van der Waals surface area contributed by atoms with Gasteiger partial charge in [0.25, 0.3) is 11.5 Å². The molecule has 0 saturated heterocycles. The second kappa shape index (κ2) is 11.4. The Bertz CT molecular complexity index is 1480. The maximum atomic E-state index is 13.9. The Hall–Kier alpha value is -3.97. The average molecular weight is 500 g/mol. The molecule has 1 heterocycles. The predicted molar refractivity (Wildman–Crippen MR) is 146 cm³/mol. The minimum absolute atomic E-state index is 0.162. The Labute approximate surface area is 217 Å². The van der Waals surface area contributed by atoms with Crippen LogP contribution >= 0.6 is 0 Å². The predicted octanol–water partition coefficient (Wildman–Crippen LogP) is 5.25. The highest BCUT2D eigenvalue weighted by molar-refractivity contribution is 5.95. The maximum absolute atomic E-state index is 13.9. The largest absolute Gasteiger partial charge is 0.497 e. The number of methoxy groups -OCH3 is 2. The Morgan fingerprint density at radius 3 is 2.54 bits per heavy atom. The summed E-state index contributed by atoms with van der Waals surface area (Å²) in [6.07, 6.45) is 0.637. The van der Waals surface area contributed by atoms with Gasteiger partial charge in [-0.1, -0.05) is 35.9 Å². The van der Waals surface area contributed by atoms with E-state index in [2.05, 4.69) is 0 Å². The lowest BCUT2D eigenvalue weighted by Crippen LogP contribution is -2.38. The summed E-state index contributed by atoms with van der Waals surface area (Å²) < 4.78 is 12.3. The van der Waals surface area contributed by atoms with E-state index in [-0.39, 0.29) is 11.5 Å². The molecule has 1 aromatic heterocycles. The van der Waals surface area contributed by atoms with E-state index in [0.29, 0.717) is 47.6 Å². The summed E-state index contributed by atoms with van der Waals surface area (Å²) in [5.41, 5.74) is 3.75. The molecule has 0 aliphatic heterocycles. The van der Waals surface area contributed by atoms with Gasteiger partial charge in [0.1, 0.15) is 11.6 Å². The van der Waals surface area contributed by atoms with Crippen molar-refractivity contribution < 1.29 is 14.3 Å². The van der Waals surface area contributed by atoms with E-state index in [1.54, 1.807) is 54.0 Å². The topological polar surface area (TPSA) is 73.7 Å². The van der Waals surface area contributed by atoms with Crippen molar-refractivity contribution in [3.63, 3.8) is 0 Å². The smallest absolute Gasteiger partial charge is 0.266 e. The van der Waals surface area contributed by atoms with Crippen molar-refractivity contribution in [3.05, 3.63) is 99.6 Å². The van der Waals surface area contributed by atoms with Crippen LogP contribution in [-0.4, -0.2) is 47.7 Å². The molecular formula is C30H33N3O4. The second-order valence-corrected chi connectivity index (χ2v) is 9.17. The summed E-state index contributed by atoms with van der Waals surface area (Å²) in [6.45, 7) is 6.86. The van der Waals surface area contributed by atoms with Crippen LogP contribution in [-0.2, 0) is 4.74 Å². The number of nitrogens with zero attached hydrogens (tertiary/aromatic N) is 3. The number of benzene rings is 3. The van der Waals surface area contributed by atoms with E-state index in [1.165, 1.54) is 0 Å². The standard InChI is InChI=1S/C30H33N3O4/c1-20-14-15-27(21(2)18-20)33-28(31-26-13-7-6-12-25(26)30(33)35)22(3)32(16-9-17-36-4)29(34)23-10-8-11-24(19-23)37-5/h6-8,10-15,18-19,22H,9,16-17H2,1-5H3. The fourth-order valence-electron chi connectivity index (χ4n) is 4.63. The molecule has 0 fully saturated rings. The van der Waals surface area contributed by atoms with Crippen LogP contribution in [0, 0.1) is 13.8 Å². The van der Waals surface area contributed by atoms with Gasteiger partial charge in [0.05, 0.1) is 29.7 Å². The average Bonchev–Trinajstić information content (AvgIpc) is 2.91. The number of hydrogen-bond acceptors (Lipinski definition) is 5. The van der Waals surface area contributed by atoms with Crippen molar-refractivity contribution in [1.29, 1.82) is 0 Å². The molecule has 4 rings (SSSR count). The first-order valence-electron chi connectivity index (χ1n) is 12.4. The molecule has 0 N–H and O–H groups in total. The monoisotopic (exact) mass is 499 g/mol. The highest BCUT2D eigenvalue weighted by atomic mass is 16.5. The third-order valence-corrected chi connectivity index (χ3v) is 6.56. The summed E-state index contributed by atoms with van der Waals surface area (Å²) in [4.78, 5) is 34.4. The van der Waals surface area contributed by atoms with Gasteiger partial charge >= 0.3 is 0 Å². The quantitative estimate of drug-likeness (QED) is 0.294. The number of hydrogen-bond donors (Lipinski definition) is 0. The van der Waals surface area contributed by atoms with Crippen LogP contribution in [0.5, 0.6) is 5.75 Å². The highest BCUT2D eigenvalue weighted by Crippen LogP contribution is 2.27. The number of fused-ring (bicyclic) bond motifs is 1. The fraction of sp³-hybridized carbons (Fsp3) is 0.300. The molecule has 0 radical (unpaired) electrons. The Morgan fingerprint density at radius 1 is 1.03 bits per heavy atom. The van der Waals surface area contributed by atoms with E-state index < -0.39 is 6.04 Å². The Balaban J connectivity index is 1.90. The zero-order valence-electron chi connectivity index (χ0n) is 22.0. The van der Waals surface area contributed by atoms with Crippen LogP contribution in [0.25, 0.3) is 16.6 Å². The zero-order chi connectivity index (χ0) is 26.5. The molecule has 1 unspecified atom stereocenters. The van der Waals surface area contributed by atoms with Crippen molar-refractivity contribution in [3.8, 4) is 11.4 Å². The summed E-state index contributed by atoms with van der Waals surface area (Å²) in [7, 11) is 3.21. The number of ether oxygens (including phenoxy) is 2. The first-order valence-corrected chi connectivity index (χ1v) is 12.4. The van der Waals surface area contributed by atoms with Gasteiger partial charge in [-0.25, -0.2) is 4.98 Å². The van der Waals surface area contributed by atoms with Gasteiger partial charge in [0, 0.05) is 25.8 Å². The molecule has 3 aromatic carbocycles. The molecule has 1 amide bonds. The molecule has 0 aliphatic rings. The normalized spacial score (nSPS) is 11.9. The Kier molecular flexibility index (Phi) is 8.04. The Morgan fingerprint density at radius 2 is 1.81 bits per heavy atom. The molecular weight excluding hydrogens is 466 g/mol. The van der Waals surface area contributed by atoms with Crippen molar-refractivity contribution in [2.24, 2.45) is 0 Å². The molecule has 192 valence electrons. The number of amides is 1. The maximum Gasteiger partial charge on any atom is 0.266 e. The molecule has 7 heteroatoms. The van der Waals surface area contributed by atoms with Crippen molar-refractivity contribution in [2.75, 3.05) is 27.4 Å². The summed E-state index contributed by atoms with van der Waals surface area (Å²) in [5.74, 6) is 0.938.